The molecule has 4 heteroatoms. The van der Waals surface area contributed by atoms with Gasteiger partial charge in [0.25, 0.3) is 0 Å². The minimum absolute atomic E-state index is 0.352. The van der Waals surface area contributed by atoms with E-state index in [2.05, 4.69) is 6.58 Å². The van der Waals surface area contributed by atoms with Crippen molar-refractivity contribution in [3.8, 4) is 6.07 Å². The summed E-state index contributed by atoms with van der Waals surface area (Å²) in [5.41, 5.74) is -0.740. The number of hydrogen-bond acceptors (Lipinski definition) is 1. The monoisotopic (exact) mass is 211 g/mol. The molecule has 0 aliphatic heterocycles. The summed E-state index contributed by atoms with van der Waals surface area (Å²) in [4.78, 5) is 0. The number of benzene rings is 1. The minimum atomic E-state index is -4.48. The largest absolute Gasteiger partial charge is 0.417 e. The van der Waals surface area contributed by atoms with Gasteiger partial charge in [-0.1, -0.05) is 12.1 Å². The van der Waals surface area contributed by atoms with E-state index in [1.54, 1.807) is 0 Å². The first kappa shape index (κ1) is 11.3. The predicted octanol–water partition coefficient (Wildman–Crippen LogP) is 3.31. The molecule has 1 nitrogen and oxygen atoms in total. The molecule has 0 radical (unpaired) electrons. The van der Waals surface area contributed by atoms with Crippen molar-refractivity contribution in [1.82, 2.24) is 0 Å². The molecule has 0 atom stereocenters. The fourth-order valence-corrected chi connectivity index (χ4v) is 1.22. The van der Waals surface area contributed by atoms with Gasteiger partial charge in [-0.2, -0.15) is 18.4 Å². The van der Waals surface area contributed by atoms with Gasteiger partial charge < -0.3 is 0 Å². The molecule has 78 valence electrons. The summed E-state index contributed by atoms with van der Waals surface area (Å²) >= 11 is 0. The number of hydrogen-bond donors (Lipinski definition) is 0. The van der Waals surface area contributed by atoms with Crippen LogP contribution in [0.2, 0.25) is 0 Å². The highest BCUT2D eigenvalue weighted by Crippen LogP contribution is 2.32. The number of alkyl halides is 3. The van der Waals surface area contributed by atoms with E-state index in [0.717, 1.165) is 6.07 Å². The Hall–Kier alpha value is -1.76. The van der Waals surface area contributed by atoms with Gasteiger partial charge in [-0.25, -0.2) is 0 Å². The molecule has 0 saturated carbocycles. The third kappa shape index (κ3) is 2.59. The number of halogens is 3. The summed E-state index contributed by atoms with van der Waals surface area (Å²) < 4.78 is 37.4. The van der Waals surface area contributed by atoms with E-state index in [1.807, 2.05) is 0 Å². The Bertz CT molecular complexity index is 413. The molecule has 0 amide bonds. The molecule has 0 saturated heterocycles. The van der Waals surface area contributed by atoms with Gasteiger partial charge in [0.2, 0.25) is 0 Å². The van der Waals surface area contributed by atoms with Gasteiger partial charge in [0.05, 0.1) is 17.2 Å². The molecular formula is C11H8F3N. The summed E-state index contributed by atoms with van der Waals surface area (Å²) in [7, 11) is 0. The fourth-order valence-electron chi connectivity index (χ4n) is 1.22. The van der Waals surface area contributed by atoms with Crippen LogP contribution >= 0.6 is 0 Å². The third-order valence-corrected chi connectivity index (χ3v) is 1.89. The molecule has 0 aliphatic rings. The number of nitrogens with zero attached hydrogens (tertiary/aromatic N) is 1. The molecule has 0 aliphatic carbocycles. The Morgan fingerprint density at radius 1 is 1.40 bits per heavy atom. The third-order valence-electron chi connectivity index (χ3n) is 1.89. The molecule has 0 heterocycles. The summed E-state index contributed by atoms with van der Waals surface area (Å²) in [6.45, 7) is 3.44. The van der Waals surface area contributed by atoms with Crippen LogP contribution in [0.1, 0.15) is 16.7 Å². The van der Waals surface area contributed by atoms with E-state index < -0.39 is 11.7 Å². The second-order valence-corrected chi connectivity index (χ2v) is 2.98. The Morgan fingerprint density at radius 3 is 2.53 bits per heavy atom. The van der Waals surface area contributed by atoms with Crippen LogP contribution in [0, 0.1) is 11.3 Å². The van der Waals surface area contributed by atoms with Gasteiger partial charge in [0.15, 0.2) is 0 Å². The van der Waals surface area contributed by atoms with Crippen molar-refractivity contribution in [2.24, 2.45) is 0 Å². The zero-order valence-corrected chi connectivity index (χ0v) is 7.80. The fraction of sp³-hybridized carbons (Fsp3) is 0.182. The van der Waals surface area contributed by atoms with Crippen LogP contribution in [0.4, 0.5) is 13.2 Å². The van der Waals surface area contributed by atoms with Crippen LogP contribution in [-0.4, -0.2) is 0 Å². The van der Waals surface area contributed by atoms with Gasteiger partial charge in [0.1, 0.15) is 0 Å². The molecule has 15 heavy (non-hydrogen) atoms. The highest BCUT2D eigenvalue weighted by molar-refractivity contribution is 5.42. The molecule has 0 bridgehead atoms. The average molecular weight is 211 g/mol. The Kier molecular flexibility index (Phi) is 3.15. The molecular weight excluding hydrogens is 203 g/mol. The van der Waals surface area contributed by atoms with Crippen LogP contribution in [0.25, 0.3) is 0 Å². The highest BCUT2D eigenvalue weighted by atomic mass is 19.4. The second kappa shape index (κ2) is 4.18. The maximum absolute atomic E-state index is 12.5. The Labute approximate surface area is 85.5 Å². The van der Waals surface area contributed by atoms with E-state index in [1.165, 1.54) is 24.3 Å². The molecule has 0 unspecified atom stereocenters. The van der Waals surface area contributed by atoms with Crippen LogP contribution in [0.5, 0.6) is 0 Å². The van der Waals surface area contributed by atoms with Crippen molar-refractivity contribution in [3.63, 3.8) is 0 Å². The number of rotatable bonds is 2. The lowest BCUT2D eigenvalue weighted by Crippen LogP contribution is -2.08. The van der Waals surface area contributed by atoms with Crippen molar-refractivity contribution in [1.29, 1.82) is 5.26 Å². The molecule has 0 spiro atoms. The number of allylic oxidation sites excluding steroid dienone is 1. The van der Waals surface area contributed by atoms with Crippen molar-refractivity contribution in [2.75, 3.05) is 0 Å². The van der Waals surface area contributed by atoms with E-state index in [0.29, 0.717) is 12.0 Å². The lowest BCUT2D eigenvalue weighted by molar-refractivity contribution is -0.137. The van der Waals surface area contributed by atoms with Crippen LogP contribution in [-0.2, 0) is 12.6 Å². The molecule has 0 fully saturated rings. The van der Waals surface area contributed by atoms with E-state index in [4.69, 9.17) is 5.26 Å². The van der Waals surface area contributed by atoms with E-state index in [9.17, 15) is 13.2 Å². The molecule has 1 rings (SSSR count). The normalized spacial score (nSPS) is 10.8. The van der Waals surface area contributed by atoms with Crippen LogP contribution in [0.3, 0.4) is 0 Å². The molecule has 1 aromatic carbocycles. The van der Waals surface area contributed by atoms with Gasteiger partial charge in [-0.05, 0) is 24.1 Å². The summed E-state index contributed by atoms with van der Waals surface area (Å²) in [5, 5.41) is 8.53. The van der Waals surface area contributed by atoms with E-state index >= 15 is 0 Å². The Balaban J connectivity index is 3.27. The van der Waals surface area contributed by atoms with Gasteiger partial charge in [-0.3, -0.25) is 0 Å². The van der Waals surface area contributed by atoms with Crippen LogP contribution in [0.15, 0.2) is 30.9 Å². The standard InChI is InChI=1S/C11H8F3N/c1-2-3-8-4-5-9(7-15)10(6-8)11(12,13)14/h2,4-6H,1,3H2. The Morgan fingerprint density at radius 2 is 2.07 bits per heavy atom. The van der Waals surface area contributed by atoms with Gasteiger partial charge in [0, 0.05) is 0 Å². The predicted molar refractivity (Wildman–Crippen MR) is 50.1 cm³/mol. The van der Waals surface area contributed by atoms with Gasteiger partial charge in [-0.15, -0.1) is 6.58 Å². The summed E-state index contributed by atoms with van der Waals surface area (Å²) in [6.07, 6.45) is -2.61. The lowest BCUT2D eigenvalue weighted by atomic mass is 10.0. The van der Waals surface area contributed by atoms with Crippen molar-refractivity contribution >= 4 is 0 Å². The van der Waals surface area contributed by atoms with Crippen molar-refractivity contribution < 1.29 is 13.2 Å². The maximum Gasteiger partial charge on any atom is 0.417 e. The molecule has 1 aromatic rings. The maximum atomic E-state index is 12.5. The first-order valence-electron chi connectivity index (χ1n) is 4.20. The molecule has 0 N–H and O–H groups in total. The SMILES string of the molecule is C=CCc1ccc(C#N)c(C(F)(F)F)c1. The van der Waals surface area contributed by atoms with Crippen molar-refractivity contribution in [2.45, 2.75) is 12.6 Å². The quantitative estimate of drug-likeness (QED) is 0.688. The van der Waals surface area contributed by atoms with Gasteiger partial charge >= 0.3 is 6.18 Å². The summed E-state index contributed by atoms with van der Waals surface area (Å²) in [5.74, 6) is 0. The zero-order valence-electron chi connectivity index (χ0n) is 7.80. The number of nitriles is 1. The minimum Gasteiger partial charge on any atom is -0.192 e. The zero-order chi connectivity index (χ0) is 11.5. The van der Waals surface area contributed by atoms with Crippen molar-refractivity contribution in [3.05, 3.63) is 47.5 Å². The lowest BCUT2D eigenvalue weighted by Gasteiger charge is -2.09. The molecule has 0 aromatic heterocycles. The summed E-state index contributed by atoms with van der Waals surface area (Å²) in [6, 6.07) is 5.19. The smallest absolute Gasteiger partial charge is 0.192 e. The average Bonchev–Trinajstić information content (AvgIpc) is 2.17. The first-order chi connectivity index (χ1) is 6.99. The highest BCUT2D eigenvalue weighted by Gasteiger charge is 2.33. The topological polar surface area (TPSA) is 23.8 Å². The van der Waals surface area contributed by atoms with E-state index in [-0.39, 0.29) is 5.56 Å². The first-order valence-corrected chi connectivity index (χ1v) is 4.20. The second-order valence-electron chi connectivity index (χ2n) is 2.98. The van der Waals surface area contributed by atoms with Crippen LogP contribution < -0.4 is 0 Å².